The van der Waals surface area contributed by atoms with E-state index in [1.54, 1.807) is 22.1 Å². The van der Waals surface area contributed by atoms with Crippen LogP contribution in [-0.2, 0) is 6.54 Å². The third-order valence-electron chi connectivity index (χ3n) is 6.05. The minimum atomic E-state index is -0.436. The normalized spacial score (nSPS) is 18.0. The summed E-state index contributed by atoms with van der Waals surface area (Å²) in [6, 6.07) is 5.68. The molecular formula is C24H23ClFN7O. The zero-order chi connectivity index (χ0) is 23.8. The molecule has 0 radical (unpaired) electrons. The summed E-state index contributed by atoms with van der Waals surface area (Å²) in [5.41, 5.74) is 9.63. The molecular weight excluding hydrogens is 457 g/mol. The summed E-state index contributed by atoms with van der Waals surface area (Å²) in [7, 11) is 0. The van der Waals surface area contributed by atoms with Crippen LogP contribution in [0.2, 0.25) is 5.02 Å². The molecule has 8 nitrogen and oxygen atoms in total. The van der Waals surface area contributed by atoms with E-state index < -0.39 is 5.82 Å². The summed E-state index contributed by atoms with van der Waals surface area (Å²) in [6.07, 6.45) is 10.3. The molecule has 1 aromatic carbocycles. The predicted molar refractivity (Wildman–Crippen MR) is 129 cm³/mol. The number of nitrogens with zero attached hydrogens (tertiary/aromatic N) is 6. The van der Waals surface area contributed by atoms with Gasteiger partial charge in [0, 0.05) is 49.2 Å². The van der Waals surface area contributed by atoms with E-state index in [-0.39, 0.29) is 22.9 Å². The number of rotatable bonds is 5. The molecule has 1 saturated heterocycles. The van der Waals surface area contributed by atoms with Crippen LogP contribution in [0, 0.1) is 5.82 Å². The van der Waals surface area contributed by atoms with Crippen LogP contribution in [-0.4, -0.2) is 43.8 Å². The number of carbonyl (C=O) groups excluding carboxylic acids is 1. The maximum absolute atomic E-state index is 13.5. The van der Waals surface area contributed by atoms with Gasteiger partial charge < -0.3 is 5.73 Å². The maximum Gasteiger partial charge on any atom is 0.328 e. The van der Waals surface area contributed by atoms with Gasteiger partial charge in [-0.25, -0.2) is 19.2 Å². The average molecular weight is 480 g/mol. The summed E-state index contributed by atoms with van der Waals surface area (Å²) in [4.78, 5) is 24.9. The molecule has 2 aromatic heterocycles. The van der Waals surface area contributed by atoms with Gasteiger partial charge in [0.1, 0.15) is 11.5 Å². The number of benzene rings is 1. The van der Waals surface area contributed by atoms with E-state index in [1.807, 2.05) is 30.0 Å². The summed E-state index contributed by atoms with van der Waals surface area (Å²) in [5, 5.41) is 4.92. The Labute approximate surface area is 201 Å². The Hall–Kier alpha value is -3.72. The fraction of sp³-hybridized carbons (Fsp3) is 0.250. The Morgan fingerprint density at radius 2 is 2.06 bits per heavy atom. The molecule has 0 saturated carbocycles. The number of allylic oxidation sites excluding steroid dienone is 4. The van der Waals surface area contributed by atoms with E-state index in [0.29, 0.717) is 37.4 Å². The molecule has 5 rings (SSSR count). The molecule has 1 unspecified atom stereocenters. The van der Waals surface area contributed by atoms with Gasteiger partial charge in [0.2, 0.25) is 5.95 Å². The second kappa shape index (κ2) is 8.90. The average Bonchev–Trinajstić information content (AvgIpc) is 3.43. The number of aromatic nitrogens is 4. The number of carbonyl (C=O) groups is 1. The topological polar surface area (TPSA) is 93.2 Å². The van der Waals surface area contributed by atoms with E-state index in [9.17, 15) is 9.18 Å². The fourth-order valence-electron chi connectivity index (χ4n) is 4.38. The number of urea groups is 1. The molecule has 2 aliphatic rings. The highest BCUT2D eigenvalue weighted by Crippen LogP contribution is 2.37. The Morgan fingerprint density at radius 1 is 1.24 bits per heavy atom. The van der Waals surface area contributed by atoms with Crippen molar-refractivity contribution in [2.75, 3.05) is 23.7 Å². The highest BCUT2D eigenvalue weighted by molar-refractivity contribution is 6.33. The van der Waals surface area contributed by atoms with Crippen molar-refractivity contribution >= 4 is 29.3 Å². The van der Waals surface area contributed by atoms with Gasteiger partial charge in [0.25, 0.3) is 0 Å². The van der Waals surface area contributed by atoms with Crippen LogP contribution in [0.3, 0.4) is 0 Å². The number of halogens is 2. The molecule has 2 N–H and O–H groups in total. The molecule has 174 valence electrons. The van der Waals surface area contributed by atoms with Crippen molar-refractivity contribution in [1.82, 2.24) is 24.6 Å². The lowest BCUT2D eigenvalue weighted by Gasteiger charge is -2.26. The van der Waals surface area contributed by atoms with Crippen LogP contribution in [0.4, 0.5) is 20.8 Å². The molecule has 3 aromatic rings. The summed E-state index contributed by atoms with van der Waals surface area (Å²) in [6.45, 7) is 3.72. The first-order valence-electron chi connectivity index (χ1n) is 11.0. The van der Waals surface area contributed by atoms with E-state index in [2.05, 4.69) is 16.0 Å². The summed E-state index contributed by atoms with van der Waals surface area (Å²) < 4.78 is 15.3. The standard InChI is InChI=1S/C24H23ClFN7O/c1-2-31-14-18(22(30-31)20-8-9-28-23(27)29-20)15-4-3-5-17(12-15)32-10-11-33(24(32)34)21-7-6-16(26)13-19(21)25/h3-9,13-15H,2,10-12H2,1H3,(H2,27,28,29). The van der Waals surface area contributed by atoms with Crippen LogP contribution in [0.25, 0.3) is 11.4 Å². The molecule has 1 aliphatic carbocycles. The van der Waals surface area contributed by atoms with Crippen molar-refractivity contribution in [1.29, 1.82) is 0 Å². The first-order chi connectivity index (χ1) is 16.4. The SMILES string of the molecule is CCn1cc(C2C=CC=C(N3CCN(c4ccc(F)cc4Cl)C3=O)C2)c(-c2ccnc(N)n2)n1. The van der Waals surface area contributed by atoms with Crippen molar-refractivity contribution in [2.45, 2.75) is 25.8 Å². The maximum atomic E-state index is 13.5. The lowest BCUT2D eigenvalue weighted by atomic mass is 9.90. The van der Waals surface area contributed by atoms with Crippen molar-refractivity contribution in [3.05, 3.63) is 77.0 Å². The number of aryl methyl sites for hydroxylation is 1. The minimum absolute atomic E-state index is 0.00255. The molecule has 10 heteroatoms. The van der Waals surface area contributed by atoms with Crippen LogP contribution in [0.1, 0.15) is 24.8 Å². The Balaban J connectivity index is 1.40. The van der Waals surface area contributed by atoms with E-state index in [4.69, 9.17) is 22.4 Å². The van der Waals surface area contributed by atoms with Gasteiger partial charge in [-0.05, 0) is 43.7 Å². The highest BCUT2D eigenvalue weighted by Gasteiger charge is 2.34. The number of hydrogen-bond donors (Lipinski definition) is 1. The third-order valence-corrected chi connectivity index (χ3v) is 6.35. The first kappa shape index (κ1) is 22.1. The molecule has 1 atom stereocenters. The third kappa shape index (κ3) is 4.03. The summed E-state index contributed by atoms with van der Waals surface area (Å²) in [5.74, 6) is -0.242. The van der Waals surface area contributed by atoms with E-state index in [1.165, 1.54) is 18.2 Å². The summed E-state index contributed by atoms with van der Waals surface area (Å²) >= 11 is 6.21. The van der Waals surface area contributed by atoms with Crippen LogP contribution in [0.5, 0.6) is 0 Å². The van der Waals surface area contributed by atoms with Gasteiger partial charge in [0.05, 0.1) is 16.4 Å². The van der Waals surface area contributed by atoms with Crippen molar-refractivity contribution in [2.24, 2.45) is 0 Å². The molecule has 1 fully saturated rings. The smallest absolute Gasteiger partial charge is 0.328 e. The second-order valence-electron chi connectivity index (χ2n) is 8.12. The Morgan fingerprint density at radius 3 is 2.82 bits per heavy atom. The number of nitrogens with two attached hydrogens (primary N) is 1. The lowest BCUT2D eigenvalue weighted by molar-refractivity contribution is 0.229. The monoisotopic (exact) mass is 479 g/mol. The van der Waals surface area contributed by atoms with Gasteiger partial charge in [-0.2, -0.15) is 5.10 Å². The van der Waals surface area contributed by atoms with Gasteiger partial charge in [-0.3, -0.25) is 14.5 Å². The predicted octanol–water partition coefficient (Wildman–Crippen LogP) is 4.60. The Kier molecular flexibility index (Phi) is 5.79. The largest absolute Gasteiger partial charge is 0.368 e. The van der Waals surface area contributed by atoms with Crippen molar-refractivity contribution < 1.29 is 9.18 Å². The number of nitrogen functional groups attached to an aromatic ring is 1. The van der Waals surface area contributed by atoms with Crippen LogP contribution in [0.15, 0.2) is 60.6 Å². The van der Waals surface area contributed by atoms with Gasteiger partial charge >= 0.3 is 6.03 Å². The van der Waals surface area contributed by atoms with Gasteiger partial charge in [0.15, 0.2) is 0 Å². The molecule has 0 spiro atoms. The second-order valence-corrected chi connectivity index (χ2v) is 8.53. The molecule has 1 aliphatic heterocycles. The minimum Gasteiger partial charge on any atom is -0.368 e. The molecule has 34 heavy (non-hydrogen) atoms. The van der Waals surface area contributed by atoms with Crippen molar-refractivity contribution in [3.63, 3.8) is 0 Å². The Bertz CT molecular complexity index is 1320. The van der Waals surface area contributed by atoms with Crippen LogP contribution < -0.4 is 10.6 Å². The fourth-order valence-corrected chi connectivity index (χ4v) is 4.65. The molecule has 0 bridgehead atoms. The zero-order valence-electron chi connectivity index (χ0n) is 18.5. The number of amides is 2. The van der Waals surface area contributed by atoms with Gasteiger partial charge in [-0.15, -0.1) is 0 Å². The lowest BCUT2D eigenvalue weighted by Crippen LogP contribution is -2.32. The highest BCUT2D eigenvalue weighted by atomic mass is 35.5. The van der Waals surface area contributed by atoms with Gasteiger partial charge in [-0.1, -0.05) is 23.8 Å². The zero-order valence-corrected chi connectivity index (χ0v) is 19.3. The quantitative estimate of drug-likeness (QED) is 0.577. The van der Waals surface area contributed by atoms with Crippen LogP contribution >= 0.6 is 11.6 Å². The number of hydrogen-bond acceptors (Lipinski definition) is 5. The van der Waals surface area contributed by atoms with E-state index in [0.717, 1.165) is 17.0 Å². The number of anilines is 2. The van der Waals surface area contributed by atoms with E-state index >= 15 is 0 Å². The first-order valence-corrected chi connectivity index (χ1v) is 11.4. The van der Waals surface area contributed by atoms with Crippen molar-refractivity contribution in [3.8, 4) is 11.4 Å². The molecule has 2 amide bonds. The molecule has 3 heterocycles.